The van der Waals surface area contributed by atoms with Crippen LogP contribution in [0.3, 0.4) is 0 Å². The first-order valence-corrected chi connectivity index (χ1v) is 5.73. The summed E-state index contributed by atoms with van der Waals surface area (Å²) in [5.74, 6) is -0.105. The molecular weight excluding hydrogens is 247 g/mol. The van der Waals surface area contributed by atoms with Gasteiger partial charge in [-0.1, -0.05) is 30.1 Å². The molecule has 3 nitrogen and oxygen atoms in total. The highest BCUT2D eigenvalue weighted by Crippen LogP contribution is 2.29. The normalized spacial score (nSPS) is 10.2. The van der Waals surface area contributed by atoms with E-state index in [1.54, 1.807) is 18.0 Å². The zero-order valence-electron chi connectivity index (χ0n) is 9.26. The van der Waals surface area contributed by atoms with Crippen LogP contribution in [0.25, 0.3) is 0 Å². The van der Waals surface area contributed by atoms with Gasteiger partial charge in [0.25, 0.3) is 5.91 Å². The van der Waals surface area contributed by atoms with E-state index in [2.05, 4.69) is 0 Å². The molecule has 0 aliphatic rings. The number of rotatable bonds is 3. The quantitative estimate of drug-likeness (QED) is 0.850. The summed E-state index contributed by atoms with van der Waals surface area (Å²) < 4.78 is 0. The fraction of sp³-hybridized carbons (Fsp3) is 0.364. The van der Waals surface area contributed by atoms with Crippen LogP contribution in [-0.2, 0) is 0 Å². The molecule has 0 aromatic heterocycles. The van der Waals surface area contributed by atoms with Crippen molar-refractivity contribution in [3.63, 3.8) is 0 Å². The van der Waals surface area contributed by atoms with Crippen LogP contribution in [0.2, 0.25) is 10.0 Å². The van der Waals surface area contributed by atoms with Gasteiger partial charge in [-0.3, -0.25) is 4.79 Å². The Morgan fingerprint density at radius 2 is 2.06 bits per heavy atom. The van der Waals surface area contributed by atoms with E-state index >= 15 is 0 Å². The topological polar surface area (TPSA) is 46.3 Å². The number of hydrogen-bond acceptors (Lipinski definition) is 2. The third-order valence-electron chi connectivity index (χ3n) is 2.21. The highest BCUT2D eigenvalue weighted by atomic mass is 35.5. The molecule has 5 heteroatoms. The highest BCUT2D eigenvalue weighted by Gasteiger charge is 2.14. The predicted octanol–water partition coefficient (Wildman–Crippen LogP) is 3.06. The fourth-order valence-corrected chi connectivity index (χ4v) is 1.73. The van der Waals surface area contributed by atoms with Gasteiger partial charge in [0, 0.05) is 19.2 Å². The monoisotopic (exact) mass is 260 g/mol. The summed E-state index contributed by atoms with van der Waals surface area (Å²) in [6.45, 7) is 2.70. The van der Waals surface area contributed by atoms with E-state index in [0.717, 1.165) is 6.42 Å². The largest absolute Gasteiger partial charge is 0.397 e. The zero-order chi connectivity index (χ0) is 12.3. The number of nitrogens with two attached hydrogens (primary N) is 1. The highest BCUT2D eigenvalue weighted by molar-refractivity contribution is 6.43. The van der Waals surface area contributed by atoms with E-state index in [-0.39, 0.29) is 10.9 Å². The maximum Gasteiger partial charge on any atom is 0.253 e. The number of nitrogen functional groups attached to an aromatic ring is 1. The summed E-state index contributed by atoms with van der Waals surface area (Å²) in [7, 11) is 1.74. The zero-order valence-corrected chi connectivity index (χ0v) is 10.8. The molecule has 0 saturated carbocycles. The maximum absolute atomic E-state index is 11.9. The fourth-order valence-electron chi connectivity index (χ4n) is 1.39. The summed E-state index contributed by atoms with van der Waals surface area (Å²) in [5.41, 5.74) is 6.43. The number of nitrogens with zero attached hydrogens (tertiary/aromatic N) is 1. The summed E-state index contributed by atoms with van der Waals surface area (Å²) in [6, 6.07) is 3.08. The molecule has 0 unspecified atom stereocenters. The Balaban J connectivity index is 3.01. The molecule has 0 spiro atoms. The first kappa shape index (κ1) is 13.1. The SMILES string of the molecule is CCCN(C)C(=O)c1cc(N)c(Cl)c(Cl)c1. The average molecular weight is 261 g/mol. The van der Waals surface area contributed by atoms with E-state index in [9.17, 15) is 4.79 Å². The lowest BCUT2D eigenvalue weighted by molar-refractivity contribution is 0.0795. The minimum atomic E-state index is -0.105. The molecule has 0 atom stereocenters. The third kappa shape index (κ3) is 2.80. The van der Waals surface area contributed by atoms with Crippen molar-refractivity contribution in [2.45, 2.75) is 13.3 Å². The molecule has 0 fully saturated rings. The lowest BCUT2D eigenvalue weighted by Gasteiger charge is -2.16. The Bertz CT molecular complexity index is 384. The minimum absolute atomic E-state index is 0.105. The summed E-state index contributed by atoms with van der Waals surface area (Å²) >= 11 is 11.7. The molecular formula is C11H14Cl2N2O. The smallest absolute Gasteiger partial charge is 0.253 e. The van der Waals surface area contributed by atoms with E-state index in [4.69, 9.17) is 28.9 Å². The van der Waals surface area contributed by atoms with Crippen LogP contribution < -0.4 is 5.73 Å². The summed E-state index contributed by atoms with van der Waals surface area (Å²) in [5, 5.41) is 0.589. The van der Waals surface area contributed by atoms with Gasteiger partial charge in [-0.15, -0.1) is 0 Å². The van der Waals surface area contributed by atoms with Gasteiger partial charge >= 0.3 is 0 Å². The Hall–Kier alpha value is -0.930. The Kier molecular flexibility index (Phi) is 4.44. The van der Waals surface area contributed by atoms with Gasteiger partial charge in [0.15, 0.2) is 0 Å². The van der Waals surface area contributed by atoms with Gasteiger partial charge in [0.2, 0.25) is 0 Å². The molecule has 0 saturated heterocycles. The van der Waals surface area contributed by atoms with Gasteiger partial charge < -0.3 is 10.6 Å². The van der Waals surface area contributed by atoms with E-state index in [0.29, 0.717) is 22.8 Å². The number of carbonyl (C=O) groups is 1. The molecule has 1 aromatic rings. The van der Waals surface area contributed by atoms with Crippen molar-refractivity contribution >= 4 is 34.8 Å². The van der Waals surface area contributed by atoms with Crippen LogP contribution in [0.15, 0.2) is 12.1 Å². The summed E-state index contributed by atoms with van der Waals surface area (Å²) in [4.78, 5) is 13.5. The number of carbonyl (C=O) groups excluding carboxylic acids is 1. The summed E-state index contributed by atoms with van der Waals surface area (Å²) in [6.07, 6.45) is 0.902. The van der Waals surface area contributed by atoms with Crippen molar-refractivity contribution in [1.82, 2.24) is 4.90 Å². The number of hydrogen-bond donors (Lipinski definition) is 1. The van der Waals surface area contributed by atoms with Gasteiger partial charge in [-0.2, -0.15) is 0 Å². The van der Waals surface area contributed by atoms with Gasteiger partial charge in [0.05, 0.1) is 15.7 Å². The molecule has 16 heavy (non-hydrogen) atoms. The van der Waals surface area contributed by atoms with Crippen LogP contribution in [0.4, 0.5) is 5.69 Å². The lowest BCUT2D eigenvalue weighted by atomic mass is 10.1. The van der Waals surface area contributed by atoms with Crippen LogP contribution in [0.1, 0.15) is 23.7 Å². The van der Waals surface area contributed by atoms with Crippen LogP contribution in [0.5, 0.6) is 0 Å². The number of benzene rings is 1. The molecule has 88 valence electrons. The molecule has 1 amide bonds. The Labute approximate surface area is 105 Å². The standard InChI is InChI=1S/C11H14Cl2N2O/c1-3-4-15(2)11(16)7-5-8(12)10(13)9(14)6-7/h5-6H,3-4,14H2,1-2H3. The maximum atomic E-state index is 11.9. The van der Waals surface area contributed by atoms with Crippen LogP contribution in [0, 0.1) is 0 Å². The number of amides is 1. The average Bonchev–Trinajstić information content (AvgIpc) is 2.24. The first-order chi connectivity index (χ1) is 7.47. The molecule has 1 aromatic carbocycles. The molecule has 0 aliphatic carbocycles. The molecule has 0 aliphatic heterocycles. The Morgan fingerprint density at radius 1 is 1.44 bits per heavy atom. The van der Waals surface area contributed by atoms with E-state index in [1.807, 2.05) is 6.92 Å². The number of halogens is 2. The van der Waals surface area contributed by atoms with Crippen molar-refractivity contribution in [3.8, 4) is 0 Å². The first-order valence-electron chi connectivity index (χ1n) is 4.97. The Morgan fingerprint density at radius 3 is 2.56 bits per heavy atom. The van der Waals surface area contributed by atoms with Crippen molar-refractivity contribution in [3.05, 3.63) is 27.7 Å². The second-order valence-electron chi connectivity index (χ2n) is 3.59. The molecule has 2 N–H and O–H groups in total. The van der Waals surface area contributed by atoms with Crippen molar-refractivity contribution in [2.75, 3.05) is 19.3 Å². The van der Waals surface area contributed by atoms with Crippen LogP contribution >= 0.6 is 23.2 Å². The molecule has 0 heterocycles. The molecule has 1 rings (SSSR count). The van der Waals surface area contributed by atoms with Gasteiger partial charge in [0.1, 0.15) is 0 Å². The molecule has 0 radical (unpaired) electrons. The van der Waals surface area contributed by atoms with Crippen molar-refractivity contribution in [2.24, 2.45) is 0 Å². The molecule has 0 bridgehead atoms. The third-order valence-corrected chi connectivity index (χ3v) is 3.03. The second-order valence-corrected chi connectivity index (χ2v) is 4.37. The second kappa shape index (κ2) is 5.41. The van der Waals surface area contributed by atoms with Gasteiger partial charge in [-0.05, 0) is 18.6 Å². The lowest BCUT2D eigenvalue weighted by Crippen LogP contribution is -2.27. The van der Waals surface area contributed by atoms with Gasteiger partial charge in [-0.25, -0.2) is 0 Å². The van der Waals surface area contributed by atoms with E-state index in [1.165, 1.54) is 6.07 Å². The minimum Gasteiger partial charge on any atom is -0.397 e. The van der Waals surface area contributed by atoms with E-state index < -0.39 is 0 Å². The number of anilines is 1. The van der Waals surface area contributed by atoms with Crippen molar-refractivity contribution < 1.29 is 4.79 Å². The van der Waals surface area contributed by atoms with Crippen LogP contribution in [-0.4, -0.2) is 24.4 Å². The predicted molar refractivity (Wildman–Crippen MR) is 68.1 cm³/mol. The van der Waals surface area contributed by atoms with Crippen molar-refractivity contribution in [1.29, 1.82) is 0 Å².